The standard InChI is InChI=1S/C25H23ClN2O/c1-29-19-12-10-17(11-13-19)25-24-21(20-7-3-5-9-23(20)27-24)14-15-28(25)16-18-6-2-4-8-22(18)26/h2-13,25,27H,14-16H2,1H3/t25-/m0/s1. The number of aromatic amines is 1. The highest BCUT2D eigenvalue weighted by Crippen LogP contribution is 2.39. The zero-order chi connectivity index (χ0) is 19.8. The Morgan fingerprint density at radius 2 is 1.76 bits per heavy atom. The molecule has 0 amide bonds. The van der Waals surface area contributed by atoms with Crippen molar-refractivity contribution in [2.75, 3.05) is 13.7 Å². The Labute approximate surface area is 175 Å². The van der Waals surface area contributed by atoms with Gasteiger partial charge in [0.05, 0.1) is 13.2 Å². The Bertz CT molecular complexity index is 1150. The van der Waals surface area contributed by atoms with Gasteiger partial charge in [-0.05, 0) is 47.4 Å². The zero-order valence-corrected chi connectivity index (χ0v) is 17.1. The first kappa shape index (κ1) is 18.3. The minimum Gasteiger partial charge on any atom is -0.497 e. The van der Waals surface area contributed by atoms with Crippen LogP contribution in [0.1, 0.15) is 28.4 Å². The first-order valence-electron chi connectivity index (χ1n) is 9.95. The van der Waals surface area contributed by atoms with Crippen molar-refractivity contribution in [3.05, 3.63) is 100 Å². The van der Waals surface area contributed by atoms with Crippen molar-refractivity contribution >= 4 is 22.5 Å². The second kappa shape index (κ2) is 7.58. The number of ether oxygens (including phenoxy) is 1. The number of aromatic nitrogens is 1. The number of para-hydroxylation sites is 1. The maximum absolute atomic E-state index is 6.49. The third-order valence-corrected chi connectivity index (χ3v) is 6.27. The van der Waals surface area contributed by atoms with Gasteiger partial charge in [-0.3, -0.25) is 4.90 Å². The van der Waals surface area contributed by atoms with Gasteiger partial charge in [0, 0.05) is 34.7 Å². The van der Waals surface area contributed by atoms with Gasteiger partial charge in [0.2, 0.25) is 0 Å². The van der Waals surface area contributed by atoms with Crippen LogP contribution in [-0.2, 0) is 13.0 Å². The van der Waals surface area contributed by atoms with Crippen LogP contribution in [0.2, 0.25) is 5.02 Å². The van der Waals surface area contributed by atoms with Gasteiger partial charge < -0.3 is 9.72 Å². The van der Waals surface area contributed by atoms with E-state index in [0.29, 0.717) is 0 Å². The summed E-state index contributed by atoms with van der Waals surface area (Å²) in [5.74, 6) is 0.874. The Morgan fingerprint density at radius 3 is 2.55 bits per heavy atom. The Kier molecular flexibility index (Phi) is 4.78. The number of nitrogens with one attached hydrogen (secondary N) is 1. The molecule has 146 valence electrons. The summed E-state index contributed by atoms with van der Waals surface area (Å²) < 4.78 is 5.37. The molecule has 5 rings (SSSR count). The van der Waals surface area contributed by atoms with Crippen LogP contribution >= 0.6 is 11.6 Å². The van der Waals surface area contributed by atoms with Crippen molar-refractivity contribution in [1.82, 2.24) is 9.88 Å². The summed E-state index contributed by atoms with van der Waals surface area (Å²) in [5, 5.41) is 2.15. The molecule has 29 heavy (non-hydrogen) atoms. The van der Waals surface area contributed by atoms with Crippen molar-refractivity contribution in [3.63, 3.8) is 0 Å². The van der Waals surface area contributed by atoms with E-state index in [0.717, 1.165) is 35.8 Å². The highest BCUT2D eigenvalue weighted by atomic mass is 35.5. The average molecular weight is 403 g/mol. The topological polar surface area (TPSA) is 28.3 Å². The Hall–Kier alpha value is -2.75. The highest BCUT2D eigenvalue weighted by Gasteiger charge is 2.31. The van der Waals surface area contributed by atoms with Gasteiger partial charge in [-0.15, -0.1) is 0 Å². The number of hydrogen-bond donors (Lipinski definition) is 1. The molecule has 0 unspecified atom stereocenters. The lowest BCUT2D eigenvalue weighted by Gasteiger charge is -2.36. The molecule has 0 saturated carbocycles. The van der Waals surface area contributed by atoms with Crippen LogP contribution in [0.15, 0.2) is 72.8 Å². The van der Waals surface area contributed by atoms with Crippen LogP contribution in [0.5, 0.6) is 5.75 Å². The second-order valence-electron chi connectivity index (χ2n) is 7.55. The maximum Gasteiger partial charge on any atom is 0.118 e. The second-order valence-corrected chi connectivity index (χ2v) is 7.96. The quantitative estimate of drug-likeness (QED) is 0.455. The number of H-pyrrole nitrogens is 1. The lowest BCUT2D eigenvalue weighted by molar-refractivity contribution is 0.202. The molecule has 3 aromatic carbocycles. The molecule has 0 aliphatic carbocycles. The SMILES string of the molecule is COc1ccc([C@H]2c3[nH]c4ccccc4c3CCN2Cc2ccccc2Cl)cc1. The van der Waals surface area contributed by atoms with Crippen LogP contribution in [0, 0.1) is 0 Å². The van der Waals surface area contributed by atoms with E-state index in [2.05, 4.69) is 58.4 Å². The molecule has 4 aromatic rings. The van der Waals surface area contributed by atoms with Gasteiger partial charge in [0.25, 0.3) is 0 Å². The summed E-state index contributed by atoms with van der Waals surface area (Å²) in [6, 6.07) is 25.3. The molecule has 1 atom stereocenters. The predicted octanol–water partition coefficient (Wildman–Crippen LogP) is 5.98. The monoisotopic (exact) mass is 402 g/mol. The molecule has 1 aromatic heterocycles. The van der Waals surface area contributed by atoms with Crippen LogP contribution in [0.4, 0.5) is 0 Å². The van der Waals surface area contributed by atoms with Crippen molar-refractivity contribution in [3.8, 4) is 5.75 Å². The molecule has 1 aliphatic rings. The van der Waals surface area contributed by atoms with Crippen molar-refractivity contribution in [2.45, 2.75) is 19.0 Å². The summed E-state index contributed by atoms with van der Waals surface area (Å²) in [6.07, 6.45) is 1.02. The van der Waals surface area contributed by atoms with E-state index in [-0.39, 0.29) is 6.04 Å². The molecule has 0 saturated heterocycles. The van der Waals surface area contributed by atoms with Gasteiger partial charge in [-0.1, -0.05) is 60.1 Å². The lowest BCUT2D eigenvalue weighted by atomic mass is 9.92. The van der Waals surface area contributed by atoms with Gasteiger partial charge in [0.1, 0.15) is 5.75 Å². The fraction of sp³-hybridized carbons (Fsp3) is 0.200. The Morgan fingerprint density at radius 1 is 1.00 bits per heavy atom. The summed E-state index contributed by atoms with van der Waals surface area (Å²) >= 11 is 6.49. The number of methoxy groups -OCH3 is 1. The van der Waals surface area contributed by atoms with Gasteiger partial charge in [-0.2, -0.15) is 0 Å². The number of halogens is 1. The summed E-state index contributed by atoms with van der Waals surface area (Å²) in [6.45, 7) is 1.79. The molecule has 0 bridgehead atoms. The molecule has 0 spiro atoms. The van der Waals surface area contributed by atoms with Crippen molar-refractivity contribution in [1.29, 1.82) is 0 Å². The number of nitrogens with zero attached hydrogens (tertiary/aromatic N) is 1. The molecular formula is C25H23ClN2O. The first-order valence-corrected chi connectivity index (χ1v) is 10.3. The summed E-state index contributed by atoms with van der Waals surface area (Å²) in [5.41, 5.74) is 6.33. The Balaban J connectivity index is 1.61. The molecule has 3 nitrogen and oxygen atoms in total. The number of benzene rings is 3. The van der Waals surface area contributed by atoms with E-state index in [9.17, 15) is 0 Å². The van der Waals surface area contributed by atoms with Gasteiger partial charge in [0.15, 0.2) is 0 Å². The molecule has 1 N–H and O–H groups in total. The number of rotatable bonds is 4. The van der Waals surface area contributed by atoms with E-state index in [1.54, 1.807) is 7.11 Å². The van der Waals surface area contributed by atoms with E-state index in [1.807, 2.05) is 24.3 Å². The van der Waals surface area contributed by atoms with Gasteiger partial charge in [-0.25, -0.2) is 0 Å². The van der Waals surface area contributed by atoms with Gasteiger partial charge >= 0.3 is 0 Å². The molecule has 1 aliphatic heterocycles. The predicted molar refractivity (Wildman–Crippen MR) is 119 cm³/mol. The van der Waals surface area contributed by atoms with Crippen LogP contribution < -0.4 is 4.74 Å². The largest absolute Gasteiger partial charge is 0.497 e. The molecule has 0 radical (unpaired) electrons. The minimum atomic E-state index is 0.147. The zero-order valence-electron chi connectivity index (χ0n) is 16.4. The third-order valence-electron chi connectivity index (χ3n) is 5.90. The number of fused-ring (bicyclic) bond motifs is 3. The molecule has 4 heteroatoms. The minimum absolute atomic E-state index is 0.147. The fourth-order valence-electron chi connectivity index (χ4n) is 4.47. The maximum atomic E-state index is 6.49. The van der Waals surface area contributed by atoms with Crippen LogP contribution in [0.25, 0.3) is 10.9 Å². The first-order chi connectivity index (χ1) is 14.2. The van der Waals surface area contributed by atoms with E-state index in [4.69, 9.17) is 16.3 Å². The number of hydrogen-bond acceptors (Lipinski definition) is 2. The smallest absolute Gasteiger partial charge is 0.118 e. The van der Waals surface area contributed by atoms with Crippen molar-refractivity contribution in [2.24, 2.45) is 0 Å². The van der Waals surface area contributed by atoms with Crippen molar-refractivity contribution < 1.29 is 4.74 Å². The van der Waals surface area contributed by atoms with E-state index >= 15 is 0 Å². The summed E-state index contributed by atoms with van der Waals surface area (Å²) in [7, 11) is 1.70. The van der Waals surface area contributed by atoms with Crippen LogP contribution in [-0.4, -0.2) is 23.5 Å². The normalized spacial score (nSPS) is 16.7. The third kappa shape index (κ3) is 3.31. The fourth-order valence-corrected chi connectivity index (χ4v) is 4.67. The average Bonchev–Trinajstić information content (AvgIpc) is 3.14. The molecular weight excluding hydrogens is 380 g/mol. The van der Waals surface area contributed by atoms with E-state index in [1.165, 1.54) is 27.7 Å². The molecule has 2 heterocycles. The van der Waals surface area contributed by atoms with Crippen LogP contribution in [0.3, 0.4) is 0 Å². The van der Waals surface area contributed by atoms with E-state index < -0.39 is 0 Å². The highest BCUT2D eigenvalue weighted by molar-refractivity contribution is 6.31. The summed E-state index contributed by atoms with van der Waals surface area (Å²) in [4.78, 5) is 6.23. The molecule has 0 fully saturated rings. The lowest BCUT2D eigenvalue weighted by Crippen LogP contribution is -2.35.